The lowest BCUT2D eigenvalue weighted by Gasteiger charge is -2.17. The van der Waals surface area contributed by atoms with Gasteiger partial charge in [-0.2, -0.15) is 0 Å². The van der Waals surface area contributed by atoms with Crippen LogP contribution in [-0.4, -0.2) is 27.0 Å². The van der Waals surface area contributed by atoms with Gasteiger partial charge in [0.25, 0.3) is 0 Å². The molecule has 0 saturated heterocycles. The monoisotopic (exact) mass is 340 g/mol. The molecule has 0 aliphatic carbocycles. The van der Waals surface area contributed by atoms with Gasteiger partial charge in [0.05, 0.1) is 22.2 Å². The van der Waals surface area contributed by atoms with Crippen LogP contribution in [0, 0.1) is 0 Å². The summed E-state index contributed by atoms with van der Waals surface area (Å²) in [4.78, 5) is 0. The highest BCUT2D eigenvalue weighted by molar-refractivity contribution is 9.10. The van der Waals surface area contributed by atoms with Gasteiger partial charge in [0, 0.05) is 6.26 Å². The Labute approximate surface area is 115 Å². The first kappa shape index (κ1) is 14.8. The second kappa shape index (κ2) is 5.59. The minimum atomic E-state index is -3.16. The molecule has 2 unspecified atom stereocenters. The molecule has 1 aromatic rings. The number of rotatable bonds is 4. The van der Waals surface area contributed by atoms with E-state index in [1.807, 2.05) is 0 Å². The van der Waals surface area contributed by atoms with Crippen LogP contribution >= 0.6 is 27.5 Å². The molecule has 0 saturated carbocycles. The van der Waals surface area contributed by atoms with E-state index in [4.69, 9.17) is 16.3 Å². The molecule has 0 radical (unpaired) electrons. The number of benzene rings is 1. The molecule has 0 N–H and O–H groups in total. The van der Waals surface area contributed by atoms with Crippen molar-refractivity contribution in [3.63, 3.8) is 0 Å². The van der Waals surface area contributed by atoms with Gasteiger partial charge in [0.15, 0.2) is 9.84 Å². The Bertz CT molecular complexity index is 501. The van der Waals surface area contributed by atoms with Crippen LogP contribution in [0.4, 0.5) is 0 Å². The van der Waals surface area contributed by atoms with Crippen molar-refractivity contribution < 1.29 is 13.2 Å². The van der Waals surface area contributed by atoms with Gasteiger partial charge in [-0.1, -0.05) is 6.07 Å². The first-order valence-electron chi connectivity index (χ1n) is 4.93. The lowest BCUT2D eigenvalue weighted by atomic mass is 10.1. The van der Waals surface area contributed by atoms with Gasteiger partial charge < -0.3 is 4.74 Å². The van der Waals surface area contributed by atoms with Crippen LogP contribution in [0.2, 0.25) is 0 Å². The lowest BCUT2D eigenvalue weighted by molar-refractivity contribution is 0.412. The Morgan fingerprint density at radius 3 is 2.41 bits per heavy atom. The Hall–Kier alpha value is -0.260. The summed E-state index contributed by atoms with van der Waals surface area (Å²) in [5.74, 6) is 0.685. The van der Waals surface area contributed by atoms with Crippen molar-refractivity contribution in [1.82, 2.24) is 0 Å². The quantitative estimate of drug-likeness (QED) is 0.790. The van der Waals surface area contributed by atoms with Crippen LogP contribution in [0.25, 0.3) is 0 Å². The molecule has 0 amide bonds. The molecule has 6 heteroatoms. The largest absolute Gasteiger partial charge is 0.496 e. The number of methoxy groups -OCH3 is 1. The second-order valence-electron chi connectivity index (χ2n) is 3.83. The first-order valence-corrected chi connectivity index (χ1v) is 8.12. The summed E-state index contributed by atoms with van der Waals surface area (Å²) in [5, 5.41) is -1.21. The van der Waals surface area contributed by atoms with Crippen molar-refractivity contribution in [2.24, 2.45) is 0 Å². The van der Waals surface area contributed by atoms with Crippen molar-refractivity contribution in [2.45, 2.75) is 17.6 Å². The van der Waals surface area contributed by atoms with E-state index < -0.39 is 20.5 Å². The maximum atomic E-state index is 11.4. The third-order valence-corrected chi connectivity index (χ3v) is 5.60. The molecular formula is C11H14BrClO3S. The van der Waals surface area contributed by atoms with Crippen molar-refractivity contribution >= 4 is 37.4 Å². The molecule has 0 bridgehead atoms. The van der Waals surface area contributed by atoms with Crippen LogP contribution in [0.5, 0.6) is 5.75 Å². The highest BCUT2D eigenvalue weighted by atomic mass is 79.9. The fraction of sp³-hybridized carbons (Fsp3) is 0.455. The van der Waals surface area contributed by atoms with Crippen LogP contribution in [0.3, 0.4) is 0 Å². The molecule has 0 aliphatic heterocycles. The molecule has 0 aliphatic rings. The van der Waals surface area contributed by atoms with Crippen LogP contribution < -0.4 is 4.74 Å². The van der Waals surface area contributed by atoms with E-state index in [0.29, 0.717) is 5.75 Å². The highest BCUT2D eigenvalue weighted by Gasteiger charge is 2.25. The number of ether oxygens (including phenoxy) is 1. The van der Waals surface area contributed by atoms with Gasteiger partial charge in [0.2, 0.25) is 0 Å². The van der Waals surface area contributed by atoms with Crippen LogP contribution in [0.1, 0.15) is 17.9 Å². The molecule has 96 valence electrons. The van der Waals surface area contributed by atoms with Gasteiger partial charge >= 0.3 is 0 Å². The predicted molar refractivity (Wildman–Crippen MR) is 73.6 cm³/mol. The van der Waals surface area contributed by atoms with Crippen molar-refractivity contribution in [3.8, 4) is 5.75 Å². The number of hydrogen-bond donors (Lipinski definition) is 0. The molecule has 2 atom stereocenters. The summed E-state index contributed by atoms with van der Waals surface area (Å²) in [7, 11) is -1.59. The van der Waals surface area contributed by atoms with Crippen LogP contribution in [-0.2, 0) is 9.84 Å². The third-order valence-electron chi connectivity index (χ3n) is 2.58. The predicted octanol–water partition coefficient (Wildman–Crippen LogP) is 3.17. The van der Waals surface area contributed by atoms with Gasteiger partial charge in [-0.25, -0.2) is 8.42 Å². The number of halogens is 2. The van der Waals surface area contributed by atoms with Crippen molar-refractivity contribution in [1.29, 1.82) is 0 Å². The Morgan fingerprint density at radius 1 is 1.41 bits per heavy atom. The Kier molecular flexibility index (Phi) is 4.86. The summed E-state index contributed by atoms with van der Waals surface area (Å²) in [6, 6.07) is 5.30. The molecular weight excluding hydrogens is 328 g/mol. The van der Waals surface area contributed by atoms with E-state index in [9.17, 15) is 8.42 Å². The van der Waals surface area contributed by atoms with Crippen molar-refractivity contribution in [3.05, 3.63) is 28.2 Å². The molecule has 1 rings (SSSR count). The highest BCUT2D eigenvalue weighted by Crippen LogP contribution is 2.33. The first-order chi connectivity index (χ1) is 7.77. The molecule has 0 heterocycles. The standard InChI is InChI=1S/C11H14BrClO3S/c1-7(17(3,14)15)11(13)8-4-5-10(16-2)9(12)6-8/h4-7,11H,1-3H3. The Morgan fingerprint density at radius 2 is 2.00 bits per heavy atom. The zero-order chi connectivity index (χ0) is 13.2. The van der Waals surface area contributed by atoms with Gasteiger partial charge in [-0.3, -0.25) is 0 Å². The van der Waals surface area contributed by atoms with Crippen LogP contribution in [0.15, 0.2) is 22.7 Å². The maximum Gasteiger partial charge on any atom is 0.151 e. The summed E-state index contributed by atoms with van der Waals surface area (Å²) in [6.07, 6.45) is 1.19. The molecule has 3 nitrogen and oxygen atoms in total. The van der Waals surface area contributed by atoms with E-state index in [0.717, 1.165) is 10.0 Å². The average molecular weight is 342 g/mol. The zero-order valence-corrected chi connectivity index (χ0v) is 12.9. The molecule has 0 aromatic heterocycles. The van der Waals surface area contributed by atoms with E-state index in [1.165, 1.54) is 6.26 Å². The van der Waals surface area contributed by atoms with E-state index in [-0.39, 0.29) is 0 Å². The summed E-state index contributed by atoms with van der Waals surface area (Å²) in [5.41, 5.74) is 0.747. The smallest absolute Gasteiger partial charge is 0.151 e. The number of alkyl halides is 1. The zero-order valence-electron chi connectivity index (χ0n) is 9.78. The topological polar surface area (TPSA) is 43.4 Å². The molecule has 0 spiro atoms. The summed E-state index contributed by atoms with van der Waals surface area (Å²) >= 11 is 9.51. The third kappa shape index (κ3) is 3.60. The molecule has 0 fully saturated rings. The molecule has 17 heavy (non-hydrogen) atoms. The fourth-order valence-electron chi connectivity index (χ4n) is 1.34. The average Bonchev–Trinajstić information content (AvgIpc) is 2.25. The van der Waals surface area contributed by atoms with E-state index in [2.05, 4.69) is 15.9 Å². The minimum Gasteiger partial charge on any atom is -0.496 e. The van der Waals surface area contributed by atoms with E-state index >= 15 is 0 Å². The van der Waals surface area contributed by atoms with Gasteiger partial charge in [0.1, 0.15) is 5.75 Å². The number of sulfone groups is 1. The molecule has 1 aromatic carbocycles. The normalized spacial score (nSPS) is 15.4. The maximum absolute atomic E-state index is 11.4. The SMILES string of the molecule is COc1ccc(C(Cl)C(C)S(C)(=O)=O)cc1Br. The van der Waals surface area contributed by atoms with Gasteiger partial charge in [-0.15, -0.1) is 11.6 Å². The summed E-state index contributed by atoms with van der Waals surface area (Å²) in [6.45, 7) is 1.60. The lowest BCUT2D eigenvalue weighted by Crippen LogP contribution is -2.21. The van der Waals surface area contributed by atoms with Gasteiger partial charge in [-0.05, 0) is 40.5 Å². The number of hydrogen-bond acceptors (Lipinski definition) is 3. The Balaban J connectivity index is 3.05. The minimum absolute atomic E-state index is 0.577. The van der Waals surface area contributed by atoms with E-state index in [1.54, 1.807) is 32.2 Å². The van der Waals surface area contributed by atoms with Crippen molar-refractivity contribution in [2.75, 3.05) is 13.4 Å². The summed E-state index contributed by atoms with van der Waals surface area (Å²) < 4.78 is 28.7. The second-order valence-corrected chi connectivity index (χ2v) is 7.56. The fourth-order valence-corrected chi connectivity index (χ4v) is 3.19.